The highest BCUT2D eigenvalue weighted by Crippen LogP contribution is 2.15. The molecule has 8 heteroatoms. The molecule has 2 rings (SSSR count). The lowest BCUT2D eigenvalue weighted by Crippen LogP contribution is -2.44. The lowest BCUT2D eigenvalue weighted by atomic mass is 10.1. The Balaban J connectivity index is 1.78. The lowest BCUT2D eigenvalue weighted by Gasteiger charge is -2.14. The number of carbonyl (C=O) groups excluding carboxylic acids is 2. The van der Waals surface area contributed by atoms with E-state index in [0.29, 0.717) is 11.1 Å². The molecule has 156 valence electrons. The van der Waals surface area contributed by atoms with E-state index in [9.17, 15) is 22.8 Å². The van der Waals surface area contributed by atoms with Gasteiger partial charge in [-0.25, -0.2) is 0 Å². The predicted molar refractivity (Wildman–Crippen MR) is 102 cm³/mol. The minimum atomic E-state index is -4.35. The van der Waals surface area contributed by atoms with Crippen LogP contribution in [0.3, 0.4) is 0 Å². The Kier molecular flexibility index (Phi) is 7.78. The Morgan fingerprint density at radius 2 is 1.72 bits per heavy atom. The van der Waals surface area contributed by atoms with E-state index in [1.807, 2.05) is 13.0 Å². The zero-order valence-corrected chi connectivity index (χ0v) is 16.2. The number of amides is 2. The van der Waals surface area contributed by atoms with Crippen LogP contribution in [0.4, 0.5) is 13.2 Å². The van der Waals surface area contributed by atoms with Crippen molar-refractivity contribution in [1.29, 1.82) is 0 Å². The molecule has 0 radical (unpaired) electrons. The van der Waals surface area contributed by atoms with Crippen LogP contribution in [0.15, 0.2) is 48.5 Å². The van der Waals surface area contributed by atoms with Crippen molar-refractivity contribution >= 4 is 11.8 Å². The summed E-state index contributed by atoms with van der Waals surface area (Å²) in [6.45, 7) is 2.25. The minimum absolute atomic E-state index is 0.145. The van der Waals surface area contributed by atoms with Gasteiger partial charge in [-0.3, -0.25) is 9.59 Å². The second-order valence-corrected chi connectivity index (χ2v) is 6.71. The minimum Gasteiger partial charge on any atom is -0.367 e. The van der Waals surface area contributed by atoms with Gasteiger partial charge in [0, 0.05) is 12.1 Å². The summed E-state index contributed by atoms with van der Waals surface area (Å²) < 4.78 is 40.8. The van der Waals surface area contributed by atoms with Crippen LogP contribution in [0, 0.1) is 6.92 Å². The molecule has 0 spiro atoms. The monoisotopic (exact) mass is 408 g/mol. The molecular formula is C21H23F3N2O3. The smallest absolute Gasteiger partial charge is 0.367 e. The van der Waals surface area contributed by atoms with Gasteiger partial charge in [0.25, 0.3) is 5.91 Å². The number of benzene rings is 2. The third-order valence-corrected chi connectivity index (χ3v) is 4.05. The summed E-state index contributed by atoms with van der Waals surface area (Å²) in [6, 6.07) is 13.0. The van der Waals surface area contributed by atoms with Gasteiger partial charge in [-0.2, -0.15) is 13.2 Å². The largest absolute Gasteiger partial charge is 0.411 e. The maximum Gasteiger partial charge on any atom is 0.411 e. The first-order valence-electron chi connectivity index (χ1n) is 9.01. The first kappa shape index (κ1) is 22.4. The number of hydrogen-bond acceptors (Lipinski definition) is 3. The van der Waals surface area contributed by atoms with Crippen LogP contribution < -0.4 is 10.6 Å². The van der Waals surface area contributed by atoms with E-state index in [1.54, 1.807) is 49.4 Å². The molecule has 5 nitrogen and oxygen atoms in total. The van der Waals surface area contributed by atoms with Crippen molar-refractivity contribution in [3.05, 3.63) is 70.8 Å². The van der Waals surface area contributed by atoms with Crippen LogP contribution in [-0.2, 0) is 22.7 Å². The molecule has 0 saturated carbocycles. The Hall–Kier alpha value is -2.87. The second-order valence-electron chi connectivity index (χ2n) is 6.71. The fourth-order valence-corrected chi connectivity index (χ4v) is 2.51. The summed E-state index contributed by atoms with van der Waals surface area (Å²) in [5, 5.41) is 5.36. The van der Waals surface area contributed by atoms with Gasteiger partial charge in [0.05, 0.1) is 6.61 Å². The Morgan fingerprint density at radius 3 is 2.34 bits per heavy atom. The van der Waals surface area contributed by atoms with Crippen molar-refractivity contribution in [2.24, 2.45) is 0 Å². The normalized spacial score (nSPS) is 12.3. The molecule has 2 aromatic carbocycles. The summed E-state index contributed by atoms with van der Waals surface area (Å²) >= 11 is 0. The second kappa shape index (κ2) is 10.1. The summed E-state index contributed by atoms with van der Waals surface area (Å²) in [7, 11) is 0. The molecular weight excluding hydrogens is 385 g/mol. The fraction of sp³-hybridized carbons (Fsp3) is 0.333. The van der Waals surface area contributed by atoms with Crippen molar-refractivity contribution in [3.63, 3.8) is 0 Å². The van der Waals surface area contributed by atoms with E-state index in [0.717, 1.165) is 11.1 Å². The van der Waals surface area contributed by atoms with Crippen LogP contribution in [0.2, 0.25) is 0 Å². The molecule has 0 aliphatic carbocycles. The van der Waals surface area contributed by atoms with Gasteiger partial charge in [0.15, 0.2) is 0 Å². The molecule has 2 amide bonds. The van der Waals surface area contributed by atoms with E-state index >= 15 is 0 Å². The number of ether oxygens (including phenoxy) is 1. The van der Waals surface area contributed by atoms with Crippen LogP contribution >= 0.6 is 0 Å². The summed E-state index contributed by atoms with van der Waals surface area (Å²) in [5.74, 6) is -0.678. The molecule has 0 bridgehead atoms. The molecule has 0 saturated heterocycles. The highest BCUT2D eigenvalue weighted by atomic mass is 19.4. The van der Waals surface area contributed by atoms with Crippen LogP contribution in [0.1, 0.15) is 34.0 Å². The number of aryl methyl sites for hydroxylation is 1. The fourth-order valence-electron chi connectivity index (χ4n) is 2.51. The average molecular weight is 408 g/mol. The quantitative estimate of drug-likeness (QED) is 0.703. The summed E-state index contributed by atoms with van der Waals surface area (Å²) in [5.41, 5.74) is 2.80. The van der Waals surface area contributed by atoms with Crippen LogP contribution in [0.25, 0.3) is 0 Å². The number of carbonyl (C=O) groups is 2. The van der Waals surface area contributed by atoms with Gasteiger partial charge in [0.2, 0.25) is 5.91 Å². The van der Waals surface area contributed by atoms with Gasteiger partial charge >= 0.3 is 6.18 Å². The number of rotatable bonds is 8. The Bertz CT molecular complexity index is 836. The molecule has 2 N–H and O–H groups in total. The molecule has 0 aliphatic heterocycles. The number of halogens is 3. The number of nitrogens with one attached hydrogen (secondary N) is 2. The standard InChI is InChI=1S/C21H23F3N2O3/c1-14-4-3-5-18(10-14)20(28)26-15(2)19(27)25-11-16-6-8-17(9-7-16)12-29-13-21(22,23)24/h3-10,15H,11-13H2,1-2H3,(H,25,27)(H,26,28)/t15-/m0/s1. The maximum atomic E-state index is 12.2. The summed E-state index contributed by atoms with van der Waals surface area (Å²) in [4.78, 5) is 24.4. The van der Waals surface area contributed by atoms with Gasteiger partial charge in [0.1, 0.15) is 12.6 Å². The predicted octanol–water partition coefficient (Wildman–Crippen LogP) is 3.51. The average Bonchev–Trinajstić information content (AvgIpc) is 2.66. The third kappa shape index (κ3) is 7.95. The lowest BCUT2D eigenvalue weighted by molar-refractivity contribution is -0.176. The van der Waals surface area contributed by atoms with Crippen molar-refractivity contribution in [2.45, 2.75) is 39.2 Å². The topological polar surface area (TPSA) is 67.4 Å². The van der Waals surface area contributed by atoms with E-state index in [2.05, 4.69) is 15.4 Å². The SMILES string of the molecule is Cc1cccc(C(=O)N[C@@H](C)C(=O)NCc2ccc(COCC(F)(F)F)cc2)c1. The van der Waals surface area contributed by atoms with Crippen molar-refractivity contribution in [2.75, 3.05) is 6.61 Å². The van der Waals surface area contributed by atoms with Gasteiger partial charge in [-0.05, 0) is 37.1 Å². The molecule has 0 unspecified atom stereocenters. The highest BCUT2D eigenvalue weighted by molar-refractivity contribution is 5.97. The molecule has 29 heavy (non-hydrogen) atoms. The van der Waals surface area contributed by atoms with Gasteiger partial charge in [-0.1, -0.05) is 42.0 Å². The van der Waals surface area contributed by atoms with E-state index < -0.39 is 18.8 Å². The number of hydrogen-bond donors (Lipinski definition) is 2. The van der Waals surface area contributed by atoms with Gasteiger partial charge in [-0.15, -0.1) is 0 Å². The highest BCUT2D eigenvalue weighted by Gasteiger charge is 2.27. The first-order valence-corrected chi connectivity index (χ1v) is 9.01. The molecule has 0 heterocycles. The van der Waals surface area contributed by atoms with Gasteiger partial charge < -0.3 is 15.4 Å². The molecule has 0 aliphatic rings. The van der Waals surface area contributed by atoms with E-state index in [4.69, 9.17) is 0 Å². The Labute approximate surface area is 167 Å². The van der Waals surface area contributed by atoms with E-state index in [1.165, 1.54) is 0 Å². The third-order valence-electron chi connectivity index (χ3n) is 4.05. The first-order chi connectivity index (χ1) is 13.6. The van der Waals surface area contributed by atoms with Crippen molar-refractivity contribution in [1.82, 2.24) is 10.6 Å². The van der Waals surface area contributed by atoms with Crippen molar-refractivity contribution < 1.29 is 27.5 Å². The number of alkyl halides is 3. The van der Waals surface area contributed by atoms with Crippen LogP contribution in [0.5, 0.6) is 0 Å². The van der Waals surface area contributed by atoms with E-state index in [-0.39, 0.29) is 25.0 Å². The molecule has 2 aromatic rings. The zero-order valence-electron chi connectivity index (χ0n) is 16.2. The zero-order chi connectivity index (χ0) is 21.4. The maximum absolute atomic E-state index is 12.2. The van der Waals surface area contributed by atoms with Crippen LogP contribution in [-0.4, -0.2) is 30.6 Å². The van der Waals surface area contributed by atoms with Crippen molar-refractivity contribution in [3.8, 4) is 0 Å². The summed E-state index contributed by atoms with van der Waals surface area (Å²) in [6.07, 6.45) is -4.35. The molecule has 1 atom stereocenters. The molecule has 0 fully saturated rings. The Morgan fingerprint density at radius 1 is 1.07 bits per heavy atom. The molecule has 0 aromatic heterocycles.